The molecule has 4 atom stereocenters. The summed E-state index contributed by atoms with van der Waals surface area (Å²) in [5, 5.41) is 9.81. The molecule has 2 saturated carbocycles. The molecule has 0 aliphatic heterocycles. The van der Waals surface area contributed by atoms with Gasteiger partial charge in [0.05, 0.1) is 18.8 Å². The SMILES string of the molecule is O[C@H]1C[C@H]2CC[C@@H]1C2OCc1ccccc1. The van der Waals surface area contributed by atoms with Crippen molar-refractivity contribution in [3.63, 3.8) is 0 Å². The van der Waals surface area contributed by atoms with Gasteiger partial charge < -0.3 is 9.84 Å². The number of rotatable bonds is 3. The lowest BCUT2D eigenvalue weighted by atomic mass is 9.98. The van der Waals surface area contributed by atoms with Gasteiger partial charge >= 0.3 is 0 Å². The number of fused-ring (bicyclic) bond motifs is 2. The molecule has 3 rings (SSSR count). The van der Waals surface area contributed by atoms with E-state index in [1.165, 1.54) is 12.0 Å². The molecule has 0 radical (unpaired) electrons. The highest BCUT2D eigenvalue weighted by Crippen LogP contribution is 2.46. The molecule has 16 heavy (non-hydrogen) atoms. The van der Waals surface area contributed by atoms with Crippen molar-refractivity contribution in [2.75, 3.05) is 0 Å². The summed E-state index contributed by atoms with van der Waals surface area (Å²) in [6.07, 6.45) is 3.52. The lowest BCUT2D eigenvalue weighted by Crippen LogP contribution is -2.22. The molecule has 0 saturated heterocycles. The first-order valence-corrected chi connectivity index (χ1v) is 6.18. The van der Waals surface area contributed by atoms with Crippen LogP contribution in [-0.2, 0) is 11.3 Å². The van der Waals surface area contributed by atoms with Crippen LogP contribution in [0.4, 0.5) is 0 Å². The van der Waals surface area contributed by atoms with Gasteiger partial charge in [-0.1, -0.05) is 30.3 Å². The van der Waals surface area contributed by atoms with Gasteiger partial charge in [-0.05, 0) is 30.7 Å². The van der Waals surface area contributed by atoms with Crippen LogP contribution in [0.1, 0.15) is 24.8 Å². The molecular weight excluding hydrogens is 200 g/mol. The Morgan fingerprint density at radius 3 is 2.62 bits per heavy atom. The molecule has 86 valence electrons. The number of ether oxygens (including phenoxy) is 1. The number of aliphatic hydroxyl groups excluding tert-OH is 1. The number of hydrogen-bond acceptors (Lipinski definition) is 2. The quantitative estimate of drug-likeness (QED) is 0.844. The zero-order valence-electron chi connectivity index (χ0n) is 9.38. The molecule has 1 aromatic rings. The Morgan fingerprint density at radius 2 is 2.00 bits per heavy atom. The minimum absolute atomic E-state index is 0.112. The van der Waals surface area contributed by atoms with Crippen molar-refractivity contribution < 1.29 is 9.84 Å². The number of aliphatic hydroxyl groups is 1. The normalized spacial score (nSPS) is 36.8. The van der Waals surface area contributed by atoms with E-state index in [1.807, 2.05) is 18.2 Å². The Labute approximate surface area is 96.2 Å². The van der Waals surface area contributed by atoms with Crippen LogP contribution in [0.15, 0.2) is 30.3 Å². The molecule has 1 N–H and O–H groups in total. The van der Waals surface area contributed by atoms with E-state index in [1.54, 1.807) is 0 Å². The van der Waals surface area contributed by atoms with Gasteiger partial charge in [0.2, 0.25) is 0 Å². The summed E-state index contributed by atoms with van der Waals surface area (Å²) in [7, 11) is 0. The molecule has 1 unspecified atom stereocenters. The standard InChI is InChI=1S/C14H18O2/c15-13-8-11-6-7-12(13)14(11)16-9-10-4-2-1-3-5-10/h1-5,11-15H,6-9H2/t11-,12+,13+,14?/m1/s1. The highest BCUT2D eigenvalue weighted by Gasteiger charge is 2.48. The van der Waals surface area contributed by atoms with Crippen molar-refractivity contribution in [2.24, 2.45) is 11.8 Å². The second kappa shape index (κ2) is 4.19. The largest absolute Gasteiger partial charge is 0.393 e. The molecule has 2 bridgehead atoms. The zero-order valence-corrected chi connectivity index (χ0v) is 9.38. The molecule has 0 amide bonds. The van der Waals surface area contributed by atoms with Crippen molar-refractivity contribution in [3.05, 3.63) is 35.9 Å². The summed E-state index contributed by atoms with van der Waals surface area (Å²) >= 11 is 0. The molecular formula is C14H18O2. The first-order chi connectivity index (χ1) is 7.84. The third-order valence-corrected chi connectivity index (χ3v) is 4.08. The van der Waals surface area contributed by atoms with Crippen LogP contribution in [0, 0.1) is 11.8 Å². The molecule has 0 heterocycles. The molecule has 0 spiro atoms. The first-order valence-electron chi connectivity index (χ1n) is 6.18. The minimum Gasteiger partial charge on any atom is -0.393 e. The van der Waals surface area contributed by atoms with Gasteiger partial charge in [-0.15, -0.1) is 0 Å². The van der Waals surface area contributed by atoms with Crippen LogP contribution in [-0.4, -0.2) is 17.3 Å². The van der Waals surface area contributed by atoms with E-state index < -0.39 is 0 Å². The maximum atomic E-state index is 9.81. The van der Waals surface area contributed by atoms with E-state index in [9.17, 15) is 5.11 Å². The number of hydrogen-bond donors (Lipinski definition) is 1. The topological polar surface area (TPSA) is 29.5 Å². The molecule has 0 aromatic heterocycles. The summed E-state index contributed by atoms with van der Waals surface area (Å²) in [4.78, 5) is 0. The van der Waals surface area contributed by atoms with Crippen molar-refractivity contribution in [3.8, 4) is 0 Å². The summed E-state index contributed by atoms with van der Waals surface area (Å²) in [5.41, 5.74) is 1.23. The Hall–Kier alpha value is -0.860. The van der Waals surface area contributed by atoms with E-state index in [-0.39, 0.29) is 6.10 Å². The smallest absolute Gasteiger partial charge is 0.0720 e. The molecule has 2 heteroatoms. The molecule has 2 fully saturated rings. The van der Waals surface area contributed by atoms with Crippen LogP contribution in [0.2, 0.25) is 0 Å². The average molecular weight is 218 g/mol. The van der Waals surface area contributed by atoms with Crippen LogP contribution < -0.4 is 0 Å². The zero-order chi connectivity index (χ0) is 11.0. The highest BCUT2D eigenvalue weighted by atomic mass is 16.5. The Balaban J connectivity index is 1.60. The van der Waals surface area contributed by atoms with Gasteiger partial charge in [0.15, 0.2) is 0 Å². The average Bonchev–Trinajstić information content (AvgIpc) is 2.83. The van der Waals surface area contributed by atoms with E-state index in [0.29, 0.717) is 24.5 Å². The van der Waals surface area contributed by atoms with Crippen LogP contribution in [0.25, 0.3) is 0 Å². The van der Waals surface area contributed by atoms with Crippen molar-refractivity contribution >= 4 is 0 Å². The second-order valence-electron chi connectivity index (χ2n) is 5.07. The van der Waals surface area contributed by atoms with Crippen molar-refractivity contribution in [1.82, 2.24) is 0 Å². The van der Waals surface area contributed by atoms with Crippen LogP contribution >= 0.6 is 0 Å². The third kappa shape index (κ3) is 1.76. The van der Waals surface area contributed by atoms with Crippen LogP contribution in [0.3, 0.4) is 0 Å². The Kier molecular flexibility index (Phi) is 2.70. The third-order valence-electron chi connectivity index (χ3n) is 4.08. The predicted molar refractivity (Wildman–Crippen MR) is 61.9 cm³/mol. The Bertz CT molecular complexity index is 349. The summed E-state index contributed by atoms with van der Waals surface area (Å²) in [6.45, 7) is 0.686. The van der Waals surface area contributed by atoms with Crippen molar-refractivity contribution in [2.45, 2.75) is 38.1 Å². The minimum atomic E-state index is -0.112. The van der Waals surface area contributed by atoms with Gasteiger partial charge in [0, 0.05) is 5.92 Å². The van der Waals surface area contributed by atoms with E-state index in [0.717, 1.165) is 12.8 Å². The summed E-state index contributed by atoms with van der Waals surface area (Å²) in [6, 6.07) is 10.3. The first kappa shape index (κ1) is 10.3. The maximum Gasteiger partial charge on any atom is 0.0720 e. The second-order valence-corrected chi connectivity index (χ2v) is 5.07. The fourth-order valence-corrected chi connectivity index (χ4v) is 3.26. The fourth-order valence-electron chi connectivity index (χ4n) is 3.26. The maximum absolute atomic E-state index is 9.81. The predicted octanol–water partition coefficient (Wildman–Crippen LogP) is 2.36. The monoisotopic (exact) mass is 218 g/mol. The van der Waals surface area contributed by atoms with Gasteiger partial charge in [0.25, 0.3) is 0 Å². The van der Waals surface area contributed by atoms with Crippen molar-refractivity contribution in [1.29, 1.82) is 0 Å². The summed E-state index contributed by atoms with van der Waals surface area (Å²) < 4.78 is 5.99. The van der Waals surface area contributed by atoms with Gasteiger partial charge in [-0.3, -0.25) is 0 Å². The van der Waals surface area contributed by atoms with E-state index in [2.05, 4.69) is 12.1 Å². The van der Waals surface area contributed by atoms with Crippen LogP contribution in [0.5, 0.6) is 0 Å². The van der Waals surface area contributed by atoms with Gasteiger partial charge in [-0.25, -0.2) is 0 Å². The molecule has 2 aliphatic carbocycles. The van der Waals surface area contributed by atoms with E-state index in [4.69, 9.17) is 4.74 Å². The molecule has 2 aliphatic rings. The Morgan fingerprint density at radius 1 is 1.19 bits per heavy atom. The lowest BCUT2D eigenvalue weighted by Gasteiger charge is -2.17. The van der Waals surface area contributed by atoms with E-state index >= 15 is 0 Å². The highest BCUT2D eigenvalue weighted by molar-refractivity contribution is 5.13. The van der Waals surface area contributed by atoms with Gasteiger partial charge in [-0.2, -0.15) is 0 Å². The molecule has 1 aromatic carbocycles. The lowest BCUT2D eigenvalue weighted by molar-refractivity contribution is -0.00322. The van der Waals surface area contributed by atoms with Gasteiger partial charge in [0.1, 0.15) is 0 Å². The molecule has 2 nitrogen and oxygen atoms in total. The summed E-state index contributed by atoms with van der Waals surface area (Å²) in [5.74, 6) is 0.998. The number of benzene rings is 1. The fraction of sp³-hybridized carbons (Fsp3) is 0.571.